The number of nitrogens with zero attached hydrogens (tertiary/aromatic N) is 2. The van der Waals surface area contributed by atoms with E-state index < -0.39 is 0 Å². The van der Waals surface area contributed by atoms with Crippen molar-refractivity contribution in [1.82, 2.24) is 10.2 Å². The molecule has 1 aromatic heterocycles. The number of ether oxygens (including phenoxy) is 2. The molecule has 0 radical (unpaired) electrons. The summed E-state index contributed by atoms with van der Waals surface area (Å²) in [6.45, 7) is 4.45. The third-order valence-electron chi connectivity index (χ3n) is 3.14. The van der Waals surface area contributed by atoms with Crippen LogP contribution < -0.4 is 14.8 Å². The topological polar surface area (TPSA) is 73.3 Å². The van der Waals surface area contributed by atoms with Gasteiger partial charge >= 0.3 is 0 Å². The van der Waals surface area contributed by atoms with Crippen molar-refractivity contribution in [3.05, 3.63) is 23.8 Å². The number of hydrogen-bond donors (Lipinski definition) is 1. The van der Waals surface area contributed by atoms with E-state index in [0.717, 1.165) is 10.8 Å². The van der Waals surface area contributed by atoms with Gasteiger partial charge in [0.2, 0.25) is 11.9 Å². The second-order valence-electron chi connectivity index (χ2n) is 4.73. The summed E-state index contributed by atoms with van der Waals surface area (Å²) in [4.78, 5) is 12.2. The molecule has 0 saturated heterocycles. The van der Waals surface area contributed by atoms with Crippen LogP contribution in [0.1, 0.15) is 30.6 Å². The number of rotatable bonds is 5. The predicted molar refractivity (Wildman–Crippen MR) is 86.0 cm³/mol. The summed E-state index contributed by atoms with van der Waals surface area (Å²) < 4.78 is 11.4. The number of hydrogen-bond acceptors (Lipinski definition) is 7. The number of anilines is 1. The van der Waals surface area contributed by atoms with E-state index >= 15 is 0 Å². The van der Waals surface area contributed by atoms with Gasteiger partial charge < -0.3 is 9.47 Å². The van der Waals surface area contributed by atoms with Gasteiger partial charge in [-0.2, -0.15) is 0 Å². The van der Waals surface area contributed by atoms with E-state index in [1.54, 1.807) is 30.0 Å². The molecule has 2 aromatic rings. The number of nitrogens with one attached hydrogen (secondary N) is 1. The zero-order valence-corrected chi connectivity index (χ0v) is 13.8. The van der Waals surface area contributed by atoms with Gasteiger partial charge in [-0.05, 0) is 24.6 Å². The Morgan fingerprint density at radius 1 is 1.41 bits per heavy atom. The third-order valence-corrected chi connectivity index (χ3v) is 5.33. The van der Waals surface area contributed by atoms with Crippen molar-refractivity contribution in [3.63, 3.8) is 0 Å². The molecule has 0 bridgehead atoms. The minimum atomic E-state index is -0.241. The fraction of sp³-hybridized carbons (Fsp3) is 0.357. The van der Waals surface area contributed by atoms with Crippen LogP contribution >= 0.6 is 23.1 Å². The van der Waals surface area contributed by atoms with Crippen molar-refractivity contribution >= 4 is 34.1 Å². The lowest BCUT2D eigenvalue weighted by molar-refractivity contribution is 0.102. The molecule has 8 heteroatoms. The lowest BCUT2D eigenvalue weighted by Crippen LogP contribution is -2.11. The van der Waals surface area contributed by atoms with Crippen LogP contribution in [-0.4, -0.2) is 28.1 Å². The molecule has 22 heavy (non-hydrogen) atoms. The molecule has 1 aromatic carbocycles. The van der Waals surface area contributed by atoms with Crippen LogP contribution in [0.3, 0.4) is 0 Å². The Morgan fingerprint density at radius 3 is 3.05 bits per heavy atom. The normalized spacial score (nSPS) is 13.9. The highest BCUT2D eigenvalue weighted by atomic mass is 32.2. The van der Waals surface area contributed by atoms with E-state index in [9.17, 15) is 4.79 Å². The zero-order valence-electron chi connectivity index (χ0n) is 12.2. The van der Waals surface area contributed by atoms with Crippen molar-refractivity contribution in [3.8, 4) is 11.5 Å². The first kappa shape index (κ1) is 15.1. The van der Waals surface area contributed by atoms with Crippen molar-refractivity contribution in [2.75, 3.05) is 12.1 Å². The van der Waals surface area contributed by atoms with E-state index in [2.05, 4.69) is 29.4 Å². The van der Waals surface area contributed by atoms with Gasteiger partial charge in [-0.15, -0.1) is 10.2 Å². The molecular formula is C14H15N3O3S2. The average Bonchev–Trinajstić information content (AvgIpc) is 3.15. The van der Waals surface area contributed by atoms with Gasteiger partial charge in [-0.1, -0.05) is 36.9 Å². The minimum Gasteiger partial charge on any atom is -0.454 e. The van der Waals surface area contributed by atoms with Gasteiger partial charge in [0.25, 0.3) is 5.91 Å². The maximum Gasteiger partial charge on any atom is 0.257 e. The quantitative estimate of drug-likeness (QED) is 0.666. The molecule has 0 spiro atoms. The first-order chi connectivity index (χ1) is 10.7. The summed E-state index contributed by atoms with van der Waals surface area (Å²) in [5, 5.41) is 11.8. The number of amides is 1. The van der Waals surface area contributed by atoms with Crippen molar-refractivity contribution < 1.29 is 14.3 Å². The summed E-state index contributed by atoms with van der Waals surface area (Å²) >= 11 is 3.04. The highest BCUT2D eigenvalue weighted by Gasteiger charge is 2.17. The Bertz CT molecular complexity index is 690. The van der Waals surface area contributed by atoms with Crippen LogP contribution in [0.2, 0.25) is 0 Å². The first-order valence-corrected chi connectivity index (χ1v) is 8.56. The van der Waals surface area contributed by atoms with Crippen LogP contribution in [0.4, 0.5) is 5.13 Å². The molecule has 1 N–H and O–H groups in total. The number of carbonyl (C=O) groups is 1. The maximum absolute atomic E-state index is 12.2. The Morgan fingerprint density at radius 2 is 2.23 bits per heavy atom. The maximum atomic E-state index is 12.2. The largest absolute Gasteiger partial charge is 0.454 e. The molecule has 3 rings (SSSR count). The Balaban J connectivity index is 1.66. The van der Waals surface area contributed by atoms with Crippen molar-refractivity contribution in [1.29, 1.82) is 0 Å². The summed E-state index contributed by atoms with van der Waals surface area (Å²) in [7, 11) is 0. The standard InChI is InChI=1S/C14H15N3O3S2/c1-3-8(2)21-14-17-16-13(22-14)15-12(18)9-4-5-10-11(6-9)20-7-19-10/h4-6,8H,3,7H2,1-2H3,(H,15,16,18). The summed E-state index contributed by atoms with van der Waals surface area (Å²) in [6.07, 6.45) is 1.06. The molecule has 116 valence electrons. The van der Waals surface area contributed by atoms with Gasteiger partial charge in [0.15, 0.2) is 15.8 Å². The minimum absolute atomic E-state index is 0.188. The summed E-state index contributed by atoms with van der Waals surface area (Å²) in [5.41, 5.74) is 0.496. The zero-order chi connectivity index (χ0) is 15.5. The number of carbonyl (C=O) groups excluding carboxylic acids is 1. The summed E-state index contributed by atoms with van der Waals surface area (Å²) in [5.74, 6) is 0.993. The van der Waals surface area contributed by atoms with Gasteiger partial charge in [-0.25, -0.2) is 0 Å². The van der Waals surface area contributed by atoms with Crippen LogP contribution in [0.15, 0.2) is 22.5 Å². The number of benzene rings is 1. The molecule has 1 aliphatic rings. The Kier molecular flexibility index (Phi) is 4.49. The smallest absolute Gasteiger partial charge is 0.257 e. The number of fused-ring (bicyclic) bond motifs is 1. The van der Waals surface area contributed by atoms with Gasteiger partial charge in [0.1, 0.15) is 0 Å². The average molecular weight is 337 g/mol. The molecule has 2 heterocycles. The van der Waals surface area contributed by atoms with E-state index in [-0.39, 0.29) is 12.7 Å². The second-order valence-corrected chi connectivity index (χ2v) is 7.40. The molecule has 0 fully saturated rings. The van der Waals surface area contributed by atoms with E-state index in [0.29, 0.717) is 27.4 Å². The van der Waals surface area contributed by atoms with Crippen LogP contribution in [-0.2, 0) is 0 Å². The highest BCUT2D eigenvalue weighted by molar-refractivity contribution is 8.01. The van der Waals surface area contributed by atoms with E-state index in [4.69, 9.17) is 9.47 Å². The first-order valence-electron chi connectivity index (χ1n) is 6.87. The molecule has 1 amide bonds. The van der Waals surface area contributed by atoms with Crippen molar-refractivity contribution in [2.24, 2.45) is 0 Å². The third kappa shape index (κ3) is 3.33. The highest BCUT2D eigenvalue weighted by Crippen LogP contribution is 2.33. The number of thioether (sulfide) groups is 1. The molecule has 1 aliphatic heterocycles. The lowest BCUT2D eigenvalue weighted by atomic mass is 10.2. The predicted octanol–water partition coefficient (Wildman–Crippen LogP) is 3.41. The van der Waals surface area contributed by atoms with E-state index in [1.807, 2.05) is 0 Å². The molecule has 0 saturated carbocycles. The molecule has 1 atom stereocenters. The van der Waals surface area contributed by atoms with Crippen LogP contribution in [0, 0.1) is 0 Å². The molecular weight excluding hydrogens is 322 g/mol. The Labute approximate surface area is 136 Å². The Hall–Kier alpha value is -1.80. The van der Waals surface area contributed by atoms with Crippen molar-refractivity contribution in [2.45, 2.75) is 29.9 Å². The second kappa shape index (κ2) is 6.53. The molecule has 0 aliphatic carbocycles. The lowest BCUT2D eigenvalue weighted by Gasteiger charge is -2.03. The fourth-order valence-electron chi connectivity index (χ4n) is 1.77. The fourth-order valence-corrected chi connectivity index (χ4v) is 3.76. The summed E-state index contributed by atoms with van der Waals surface area (Å²) in [6, 6.07) is 5.08. The van der Waals surface area contributed by atoms with Gasteiger partial charge in [0.05, 0.1) is 0 Å². The van der Waals surface area contributed by atoms with Crippen LogP contribution in [0.5, 0.6) is 11.5 Å². The SMILES string of the molecule is CCC(C)Sc1nnc(NC(=O)c2ccc3c(c2)OCO3)s1. The molecule has 1 unspecified atom stereocenters. The monoisotopic (exact) mass is 337 g/mol. The van der Waals surface area contributed by atoms with E-state index in [1.165, 1.54) is 11.3 Å². The molecule has 6 nitrogen and oxygen atoms in total. The van der Waals surface area contributed by atoms with Gasteiger partial charge in [0, 0.05) is 10.8 Å². The number of aromatic nitrogens is 2. The van der Waals surface area contributed by atoms with Crippen LogP contribution in [0.25, 0.3) is 0 Å². The van der Waals surface area contributed by atoms with Gasteiger partial charge in [-0.3, -0.25) is 10.1 Å².